The number of amides is 1. The molecule has 0 rings (SSSR count). The van der Waals surface area contributed by atoms with Crippen LogP contribution in [-0.2, 0) is 4.79 Å². The Balaban J connectivity index is 3.63. The number of carbonyl (C=O) groups excluding carboxylic acids is 1. The predicted octanol–water partition coefficient (Wildman–Crippen LogP) is 3.15. The average molecular weight is 256 g/mol. The zero-order chi connectivity index (χ0) is 14.0. The zero-order valence-electron chi connectivity index (χ0n) is 13.0. The fourth-order valence-electron chi connectivity index (χ4n) is 1.98. The molecular weight excluding hydrogens is 224 g/mol. The number of hydrogen-bond donors (Lipinski definition) is 0. The van der Waals surface area contributed by atoms with Crippen molar-refractivity contribution in [1.29, 1.82) is 0 Å². The largest absolute Gasteiger partial charge is 0.349 e. The normalized spacial score (nSPS) is 12.8. The van der Waals surface area contributed by atoms with Gasteiger partial charge in [0.05, 0.1) is 0 Å². The Kier molecular flexibility index (Phi) is 10.0. The summed E-state index contributed by atoms with van der Waals surface area (Å²) in [5.41, 5.74) is 0. The van der Waals surface area contributed by atoms with Crippen molar-refractivity contribution in [2.45, 2.75) is 64.8 Å². The molecule has 0 bridgehead atoms. The Morgan fingerprint density at radius 2 is 1.67 bits per heavy atom. The Morgan fingerprint density at radius 1 is 1.06 bits per heavy atom. The van der Waals surface area contributed by atoms with Crippen LogP contribution in [0.1, 0.15) is 58.8 Å². The Labute approximate surface area is 114 Å². The van der Waals surface area contributed by atoms with Gasteiger partial charge in [0.2, 0.25) is 5.91 Å². The van der Waals surface area contributed by atoms with Gasteiger partial charge in [-0.2, -0.15) is 0 Å². The van der Waals surface area contributed by atoms with E-state index < -0.39 is 0 Å². The van der Waals surface area contributed by atoms with Crippen LogP contribution in [0.3, 0.4) is 0 Å². The summed E-state index contributed by atoms with van der Waals surface area (Å²) in [5.74, 6) is 0.219. The molecule has 0 aliphatic rings. The molecule has 0 spiro atoms. The Morgan fingerprint density at radius 3 is 2.22 bits per heavy atom. The lowest BCUT2D eigenvalue weighted by Crippen LogP contribution is -2.33. The summed E-state index contributed by atoms with van der Waals surface area (Å²) in [7, 11) is 5.76. The van der Waals surface area contributed by atoms with Crippen molar-refractivity contribution in [2.24, 2.45) is 0 Å². The number of hydrogen-bond acceptors (Lipinski definition) is 2. The van der Waals surface area contributed by atoms with Crippen molar-refractivity contribution in [3.8, 4) is 0 Å². The Hall–Kier alpha value is -0.570. The molecule has 0 radical (unpaired) electrons. The SMILES string of the molecule is CCCCCCCC(C)N(C)CCC(=O)N(C)C. The van der Waals surface area contributed by atoms with Gasteiger partial charge < -0.3 is 9.80 Å². The van der Waals surface area contributed by atoms with Crippen molar-refractivity contribution in [2.75, 3.05) is 27.7 Å². The molecule has 3 heteroatoms. The van der Waals surface area contributed by atoms with E-state index in [9.17, 15) is 4.79 Å². The first-order chi connectivity index (χ1) is 8.49. The number of unbranched alkanes of at least 4 members (excludes halogenated alkanes) is 4. The molecule has 0 N–H and O–H groups in total. The van der Waals surface area contributed by atoms with Crippen molar-refractivity contribution >= 4 is 5.91 Å². The van der Waals surface area contributed by atoms with Gasteiger partial charge in [0, 0.05) is 33.1 Å². The van der Waals surface area contributed by atoms with Gasteiger partial charge >= 0.3 is 0 Å². The average Bonchev–Trinajstić information content (AvgIpc) is 2.34. The number of nitrogens with zero attached hydrogens (tertiary/aromatic N) is 2. The lowest BCUT2D eigenvalue weighted by Gasteiger charge is -2.25. The monoisotopic (exact) mass is 256 g/mol. The van der Waals surface area contributed by atoms with E-state index >= 15 is 0 Å². The minimum Gasteiger partial charge on any atom is -0.349 e. The van der Waals surface area contributed by atoms with Crippen LogP contribution in [0.5, 0.6) is 0 Å². The molecule has 0 heterocycles. The number of carbonyl (C=O) groups is 1. The van der Waals surface area contributed by atoms with Gasteiger partial charge in [0.15, 0.2) is 0 Å². The second-order valence-electron chi connectivity index (χ2n) is 5.57. The highest BCUT2D eigenvalue weighted by molar-refractivity contribution is 5.75. The molecule has 1 atom stereocenters. The van der Waals surface area contributed by atoms with E-state index in [1.807, 2.05) is 14.1 Å². The molecule has 0 aliphatic heterocycles. The molecule has 0 saturated carbocycles. The summed E-state index contributed by atoms with van der Waals surface area (Å²) in [6.07, 6.45) is 8.57. The maximum absolute atomic E-state index is 11.5. The Bertz CT molecular complexity index is 217. The van der Waals surface area contributed by atoms with Crippen molar-refractivity contribution < 1.29 is 4.79 Å². The molecule has 3 nitrogen and oxygen atoms in total. The predicted molar refractivity (Wildman–Crippen MR) is 78.8 cm³/mol. The summed E-state index contributed by atoms with van der Waals surface area (Å²) in [6.45, 7) is 5.38. The third kappa shape index (κ3) is 8.51. The highest BCUT2D eigenvalue weighted by Gasteiger charge is 2.11. The van der Waals surface area contributed by atoms with Gasteiger partial charge in [0.25, 0.3) is 0 Å². The van der Waals surface area contributed by atoms with Crippen LogP contribution in [0.25, 0.3) is 0 Å². The van der Waals surface area contributed by atoms with Crippen LogP contribution in [0.15, 0.2) is 0 Å². The van der Waals surface area contributed by atoms with Crippen LogP contribution in [0.4, 0.5) is 0 Å². The van der Waals surface area contributed by atoms with Crippen molar-refractivity contribution in [3.63, 3.8) is 0 Å². The minimum atomic E-state index is 0.219. The molecule has 1 amide bonds. The van der Waals surface area contributed by atoms with Crippen molar-refractivity contribution in [1.82, 2.24) is 9.80 Å². The molecule has 108 valence electrons. The first-order valence-electron chi connectivity index (χ1n) is 7.39. The second kappa shape index (κ2) is 10.4. The summed E-state index contributed by atoms with van der Waals surface area (Å²) >= 11 is 0. The van der Waals surface area contributed by atoms with Gasteiger partial charge in [-0.15, -0.1) is 0 Å². The molecule has 18 heavy (non-hydrogen) atoms. The van der Waals surface area contributed by atoms with Crippen LogP contribution in [0.2, 0.25) is 0 Å². The molecule has 0 saturated heterocycles. The van der Waals surface area contributed by atoms with E-state index in [1.54, 1.807) is 4.90 Å². The van der Waals surface area contributed by atoms with Gasteiger partial charge in [-0.25, -0.2) is 0 Å². The third-order valence-corrected chi connectivity index (χ3v) is 3.66. The van der Waals surface area contributed by atoms with Crippen molar-refractivity contribution in [3.05, 3.63) is 0 Å². The molecule has 0 aromatic heterocycles. The van der Waals surface area contributed by atoms with Crippen LogP contribution >= 0.6 is 0 Å². The first-order valence-corrected chi connectivity index (χ1v) is 7.39. The second-order valence-corrected chi connectivity index (χ2v) is 5.57. The lowest BCUT2D eigenvalue weighted by molar-refractivity contribution is -0.129. The van der Waals surface area contributed by atoms with Crippen LogP contribution in [0, 0.1) is 0 Å². The molecule has 0 aromatic carbocycles. The fraction of sp³-hybridized carbons (Fsp3) is 0.933. The van der Waals surface area contributed by atoms with Gasteiger partial charge in [0.1, 0.15) is 0 Å². The highest BCUT2D eigenvalue weighted by atomic mass is 16.2. The topological polar surface area (TPSA) is 23.6 Å². The molecule has 1 unspecified atom stereocenters. The van der Waals surface area contributed by atoms with Gasteiger partial charge in [-0.05, 0) is 20.4 Å². The van der Waals surface area contributed by atoms with E-state index in [0.717, 1.165) is 6.54 Å². The summed E-state index contributed by atoms with van der Waals surface area (Å²) in [6, 6.07) is 0.585. The van der Waals surface area contributed by atoms with E-state index in [4.69, 9.17) is 0 Å². The lowest BCUT2D eigenvalue weighted by atomic mass is 10.1. The summed E-state index contributed by atoms with van der Waals surface area (Å²) in [5, 5.41) is 0. The van der Waals surface area contributed by atoms with Crippen LogP contribution < -0.4 is 0 Å². The smallest absolute Gasteiger partial charge is 0.223 e. The van der Waals surface area contributed by atoms with E-state index in [2.05, 4.69) is 25.8 Å². The molecule has 0 fully saturated rings. The van der Waals surface area contributed by atoms with E-state index in [1.165, 1.54) is 38.5 Å². The van der Waals surface area contributed by atoms with E-state index in [0.29, 0.717) is 12.5 Å². The van der Waals surface area contributed by atoms with Gasteiger partial charge in [-0.1, -0.05) is 39.0 Å². The first kappa shape index (κ1) is 17.4. The number of rotatable bonds is 10. The molecule has 0 aromatic rings. The third-order valence-electron chi connectivity index (χ3n) is 3.66. The maximum atomic E-state index is 11.5. The summed E-state index contributed by atoms with van der Waals surface area (Å²) < 4.78 is 0. The molecule has 0 aliphatic carbocycles. The van der Waals surface area contributed by atoms with Gasteiger partial charge in [-0.3, -0.25) is 4.79 Å². The fourth-order valence-corrected chi connectivity index (χ4v) is 1.98. The van der Waals surface area contributed by atoms with E-state index in [-0.39, 0.29) is 5.91 Å². The highest BCUT2D eigenvalue weighted by Crippen LogP contribution is 2.10. The standard InChI is InChI=1S/C15H32N2O/c1-6-7-8-9-10-11-14(2)17(5)13-12-15(18)16(3)4/h14H,6-13H2,1-5H3. The maximum Gasteiger partial charge on any atom is 0.223 e. The van der Waals surface area contributed by atoms with Crippen LogP contribution in [-0.4, -0.2) is 49.4 Å². The quantitative estimate of drug-likeness (QED) is 0.561. The minimum absolute atomic E-state index is 0.219. The molecular formula is C15H32N2O. The zero-order valence-corrected chi connectivity index (χ0v) is 13.0. The summed E-state index contributed by atoms with van der Waals surface area (Å²) in [4.78, 5) is 15.5.